The summed E-state index contributed by atoms with van der Waals surface area (Å²) in [5.41, 5.74) is 2.40. The fraction of sp³-hybridized carbons (Fsp3) is 0.444. The van der Waals surface area contributed by atoms with Gasteiger partial charge in [0, 0.05) is 25.5 Å². The second kappa shape index (κ2) is 6.96. The smallest absolute Gasteiger partial charge is 0.236 e. The zero-order valence-electron chi connectivity index (χ0n) is 13.8. The molecular weight excluding hydrogens is 288 g/mol. The highest BCUT2D eigenvalue weighted by molar-refractivity contribution is 5.78. The minimum atomic E-state index is 0.146. The van der Waals surface area contributed by atoms with Crippen molar-refractivity contribution in [3.63, 3.8) is 0 Å². The Labute approximate surface area is 137 Å². The Morgan fingerprint density at radius 1 is 1.39 bits per heavy atom. The summed E-state index contributed by atoms with van der Waals surface area (Å²) in [5.74, 6) is 1.52. The van der Waals surface area contributed by atoms with Crippen molar-refractivity contribution in [3.8, 4) is 0 Å². The second-order valence-corrected chi connectivity index (χ2v) is 6.39. The predicted molar refractivity (Wildman–Crippen MR) is 90.0 cm³/mol. The van der Waals surface area contributed by atoms with Crippen LogP contribution in [0.2, 0.25) is 0 Å². The molecule has 5 nitrogen and oxygen atoms in total. The van der Waals surface area contributed by atoms with Crippen LogP contribution in [0.15, 0.2) is 36.5 Å². The highest BCUT2D eigenvalue weighted by atomic mass is 16.2. The van der Waals surface area contributed by atoms with E-state index in [0.29, 0.717) is 19.0 Å². The number of rotatable bonds is 5. The van der Waals surface area contributed by atoms with E-state index in [1.807, 2.05) is 20.0 Å². The Morgan fingerprint density at radius 3 is 2.87 bits per heavy atom. The molecule has 23 heavy (non-hydrogen) atoms. The zero-order valence-corrected chi connectivity index (χ0v) is 13.8. The molecule has 0 unspecified atom stereocenters. The fourth-order valence-corrected chi connectivity index (χ4v) is 3.15. The van der Waals surface area contributed by atoms with Crippen LogP contribution in [0.25, 0.3) is 0 Å². The van der Waals surface area contributed by atoms with Crippen LogP contribution in [0.4, 0.5) is 0 Å². The van der Waals surface area contributed by atoms with Crippen LogP contribution in [0.3, 0.4) is 0 Å². The van der Waals surface area contributed by atoms with Crippen LogP contribution in [-0.4, -0.2) is 52.4 Å². The van der Waals surface area contributed by atoms with Gasteiger partial charge in [-0.3, -0.25) is 9.69 Å². The van der Waals surface area contributed by atoms with Crippen molar-refractivity contribution in [2.24, 2.45) is 0 Å². The number of H-pyrrole nitrogens is 1. The van der Waals surface area contributed by atoms with Crippen LogP contribution in [0.1, 0.15) is 29.4 Å². The highest BCUT2D eigenvalue weighted by Crippen LogP contribution is 2.26. The van der Waals surface area contributed by atoms with Gasteiger partial charge in [-0.1, -0.05) is 30.3 Å². The lowest BCUT2D eigenvalue weighted by Crippen LogP contribution is -2.37. The summed E-state index contributed by atoms with van der Waals surface area (Å²) in [6.45, 7) is 4.93. The molecule has 5 heteroatoms. The van der Waals surface area contributed by atoms with Crippen molar-refractivity contribution < 1.29 is 4.79 Å². The summed E-state index contributed by atoms with van der Waals surface area (Å²) >= 11 is 0. The van der Waals surface area contributed by atoms with E-state index in [1.54, 1.807) is 11.1 Å². The first-order valence-corrected chi connectivity index (χ1v) is 8.13. The van der Waals surface area contributed by atoms with E-state index in [-0.39, 0.29) is 5.91 Å². The van der Waals surface area contributed by atoms with Gasteiger partial charge >= 0.3 is 0 Å². The first kappa shape index (κ1) is 15.7. The molecule has 0 radical (unpaired) electrons. The summed E-state index contributed by atoms with van der Waals surface area (Å²) in [4.78, 5) is 23.8. The lowest BCUT2D eigenvalue weighted by atomic mass is 9.99. The average Bonchev–Trinajstić information content (AvgIpc) is 3.17. The van der Waals surface area contributed by atoms with Gasteiger partial charge in [0.05, 0.1) is 13.1 Å². The number of imidazole rings is 1. The number of nitrogens with one attached hydrogen (secondary N) is 1. The first-order valence-electron chi connectivity index (χ1n) is 8.13. The molecule has 2 heterocycles. The predicted octanol–water partition coefficient (Wildman–Crippen LogP) is 2.17. The molecule has 1 saturated heterocycles. The molecule has 1 aliphatic rings. The SMILES string of the molecule is Cc1cnc(CN(C)C(=O)CN2CC[C@H](c3ccccc3)C2)[nH]1. The highest BCUT2D eigenvalue weighted by Gasteiger charge is 2.26. The van der Waals surface area contributed by atoms with Gasteiger partial charge in [-0.05, 0) is 31.4 Å². The topological polar surface area (TPSA) is 52.2 Å². The molecule has 0 aliphatic carbocycles. The van der Waals surface area contributed by atoms with Gasteiger partial charge in [0.25, 0.3) is 0 Å². The van der Waals surface area contributed by atoms with E-state index >= 15 is 0 Å². The van der Waals surface area contributed by atoms with Gasteiger partial charge < -0.3 is 9.88 Å². The van der Waals surface area contributed by atoms with E-state index < -0.39 is 0 Å². The Kier molecular flexibility index (Phi) is 4.76. The van der Waals surface area contributed by atoms with Crippen molar-refractivity contribution in [3.05, 3.63) is 53.6 Å². The number of aromatic nitrogens is 2. The number of aromatic amines is 1. The van der Waals surface area contributed by atoms with Gasteiger partial charge in [0.2, 0.25) is 5.91 Å². The summed E-state index contributed by atoms with van der Waals surface area (Å²) in [7, 11) is 1.84. The molecular formula is C18H24N4O. The number of likely N-dealkylation sites (N-methyl/N-ethyl adjacent to an activating group) is 1. The number of hydrogen-bond donors (Lipinski definition) is 1. The monoisotopic (exact) mass is 312 g/mol. The van der Waals surface area contributed by atoms with Gasteiger partial charge in [-0.25, -0.2) is 4.98 Å². The maximum absolute atomic E-state index is 12.4. The summed E-state index contributed by atoms with van der Waals surface area (Å²) in [6, 6.07) is 10.6. The summed E-state index contributed by atoms with van der Waals surface area (Å²) < 4.78 is 0. The zero-order chi connectivity index (χ0) is 16.2. The Bertz CT molecular complexity index is 652. The van der Waals surface area contributed by atoms with Gasteiger partial charge in [-0.15, -0.1) is 0 Å². The molecule has 0 bridgehead atoms. The molecule has 122 valence electrons. The fourth-order valence-electron chi connectivity index (χ4n) is 3.15. The van der Waals surface area contributed by atoms with Gasteiger partial charge in [0.1, 0.15) is 5.82 Å². The number of benzene rings is 1. The minimum absolute atomic E-state index is 0.146. The molecule has 0 spiro atoms. The Hall–Kier alpha value is -2.14. The van der Waals surface area contributed by atoms with Crippen LogP contribution >= 0.6 is 0 Å². The van der Waals surface area contributed by atoms with Crippen molar-refractivity contribution in [2.45, 2.75) is 25.8 Å². The first-order chi connectivity index (χ1) is 11.1. The average molecular weight is 312 g/mol. The summed E-state index contributed by atoms with van der Waals surface area (Å²) in [5, 5.41) is 0. The van der Waals surface area contributed by atoms with E-state index in [1.165, 1.54) is 5.56 Å². The largest absolute Gasteiger partial charge is 0.345 e. The molecule has 3 rings (SSSR count). The maximum Gasteiger partial charge on any atom is 0.236 e. The minimum Gasteiger partial charge on any atom is -0.345 e. The molecule has 1 aliphatic heterocycles. The number of aryl methyl sites for hydroxylation is 1. The molecule has 1 amide bonds. The number of likely N-dealkylation sites (tertiary alicyclic amines) is 1. The Morgan fingerprint density at radius 2 is 2.17 bits per heavy atom. The lowest BCUT2D eigenvalue weighted by molar-refractivity contribution is -0.131. The van der Waals surface area contributed by atoms with Crippen molar-refractivity contribution in [1.29, 1.82) is 0 Å². The number of carbonyl (C=O) groups excluding carboxylic acids is 1. The van der Waals surface area contributed by atoms with Crippen LogP contribution in [-0.2, 0) is 11.3 Å². The Balaban J connectivity index is 1.50. The van der Waals surface area contributed by atoms with E-state index in [9.17, 15) is 4.79 Å². The van der Waals surface area contributed by atoms with Crippen LogP contribution in [0.5, 0.6) is 0 Å². The molecule has 1 N–H and O–H groups in total. The molecule has 0 saturated carbocycles. The molecule has 1 fully saturated rings. The van der Waals surface area contributed by atoms with Crippen LogP contribution < -0.4 is 0 Å². The second-order valence-electron chi connectivity index (χ2n) is 6.39. The number of carbonyl (C=O) groups is 1. The molecule has 2 aromatic rings. The van der Waals surface area contributed by atoms with E-state index in [0.717, 1.165) is 31.0 Å². The van der Waals surface area contributed by atoms with Gasteiger partial charge in [-0.2, -0.15) is 0 Å². The number of nitrogens with zero attached hydrogens (tertiary/aromatic N) is 3. The summed E-state index contributed by atoms with van der Waals surface area (Å²) in [6.07, 6.45) is 2.91. The third kappa shape index (κ3) is 3.99. The standard InChI is InChI=1S/C18H24N4O/c1-14-10-19-17(20-14)12-21(2)18(23)13-22-9-8-16(11-22)15-6-4-3-5-7-15/h3-7,10,16H,8-9,11-13H2,1-2H3,(H,19,20)/t16-/m0/s1. The van der Waals surface area contributed by atoms with Crippen LogP contribution in [0, 0.1) is 6.92 Å². The lowest BCUT2D eigenvalue weighted by Gasteiger charge is -2.21. The number of amides is 1. The third-order valence-electron chi connectivity index (χ3n) is 4.47. The van der Waals surface area contributed by atoms with Crippen molar-refractivity contribution >= 4 is 5.91 Å². The van der Waals surface area contributed by atoms with Crippen molar-refractivity contribution in [1.82, 2.24) is 19.8 Å². The van der Waals surface area contributed by atoms with Gasteiger partial charge in [0.15, 0.2) is 0 Å². The third-order valence-corrected chi connectivity index (χ3v) is 4.47. The van der Waals surface area contributed by atoms with E-state index in [2.05, 4.69) is 39.1 Å². The molecule has 1 aromatic carbocycles. The number of hydrogen-bond acceptors (Lipinski definition) is 3. The molecule has 1 aromatic heterocycles. The maximum atomic E-state index is 12.4. The van der Waals surface area contributed by atoms with E-state index in [4.69, 9.17) is 0 Å². The molecule has 1 atom stereocenters. The van der Waals surface area contributed by atoms with Crippen molar-refractivity contribution in [2.75, 3.05) is 26.7 Å². The normalized spacial score (nSPS) is 18.3. The quantitative estimate of drug-likeness (QED) is 0.920.